The molecule has 0 aliphatic carbocycles. The molecule has 0 radical (unpaired) electrons. The van der Waals surface area contributed by atoms with Crippen LogP contribution in [0.15, 0.2) is 59.9 Å². The maximum atomic E-state index is 13.7. The van der Waals surface area contributed by atoms with E-state index in [1.165, 1.54) is 29.4 Å². The van der Waals surface area contributed by atoms with Crippen LogP contribution in [0.4, 0.5) is 0 Å². The first-order chi connectivity index (χ1) is 18.6. The van der Waals surface area contributed by atoms with E-state index in [2.05, 4.69) is 15.3 Å². The van der Waals surface area contributed by atoms with Crippen LogP contribution in [0, 0.1) is 11.1 Å². The molecule has 5 rings (SSSR count). The van der Waals surface area contributed by atoms with Crippen LogP contribution >= 0.6 is 0 Å². The van der Waals surface area contributed by atoms with Crippen molar-refractivity contribution in [3.05, 3.63) is 65.9 Å². The van der Waals surface area contributed by atoms with E-state index < -0.39 is 52.3 Å². The topological polar surface area (TPSA) is 157 Å². The maximum absolute atomic E-state index is 13.7. The molecule has 13 heteroatoms. The molecule has 3 aromatic rings. The van der Waals surface area contributed by atoms with Crippen LogP contribution in [0.25, 0.3) is 11.0 Å². The lowest BCUT2D eigenvalue weighted by molar-refractivity contribution is -0.607. The Balaban J connectivity index is 1.37. The highest BCUT2D eigenvalue weighted by atomic mass is 32.2. The first kappa shape index (κ1) is 26.6. The van der Waals surface area contributed by atoms with Gasteiger partial charge in [0.2, 0.25) is 15.9 Å². The largest absolute Gasteiger partial charge is 0.619 e. The molecule has 0 bridgehead atoms. The summed E-state index contributed by atoms with van der Waals surface area (Å²) in [4.78, 5) is 49.7. The molecule has 1 N–H and O–H groups in total. The number of Topliss-reactive ketones (excluding diaryl/α,β-unsaturated/α-hetero) is 1. The Labute approximate surface area is 225 Å². The van der Waals surface area contributed by atoms with E-state index in [1.54, 1.807) is 18.2 Å². The molecule has 2 aromatic heterocycles. The number of aromatic nitrogens is 3. The van der Waals surface area contributed by atoms with Crippen molar-refractivity contribution in [1.82, 2.24) is 24.5 Å². The summed E-state index contributed by atoms with van der Waals surface area (Å²) in [6, 6.07) is 7.05. The Morgan fingerprint density at radius 2 is 1.92 bits per heavy atom. The maximum Gasteiger partial charge on any atom is 0.272 e. The van der Waals surface area contributed by atoms with E-state index in [-0.39, 0.29) is 29.5 Å². The predicted molar refractivity (Wildman–Crippen MR) is 138 cm³/mol. The average Bonchev–Trinajstić information content (AvgIpc) is 3.48. The lowest BCUT2D eigenvalue weighted by Gasteiger charge is -2.29. The second-order valence-corrected chi connectivity index (χ2v) is 12.0. The molecule has 3 atom stereocenters. The van der Waals surface area contributed by atoms with Gasteiger partial charge in [0.05, 0.1) is 29.8 Å². The van der Waals surface area contributed by atoms with Crippen molar-refractivity contribution < 1.29 is 27.5 Å². The molecule has 0 spiro atoms. The molecule has 1 aromatic carbocycles. The zero-order valence-corrected chi connectivity index (χ0v) is 22.2. The number of amides is 2. The van der Waals surface area contributed by atoms with E-state index in [1.807, 2.05) is 19.9 Å². The molecule has 2 saturated heterocycles. The molecular weight excluding hydrogens is 524 g/mol. The molecule has 2 amide bonds. The summed E-state index contributed by atoms with van der Waals surface area (Å²) in [6.07, 6.45) is 4.01. The predicted octanol–water partition coefficient (Wildman–Crippen LogP) is 0.651. The second-order valence-electron chi connectivity index (χ2n) is 10.1. The number of likely N-dealkylation sites (tertiary alicyclic amines) is 1. The van der Waals surface area contributed by atoms with Gasteiger partial charge < -0.3 is 15.4 Å². The molecule has 204 valence electrons. The minimum absolute atomic E-state index is 0.0355. The zero-order chi connectivity index (χ0) is 27.9. The molecule has 12 nitrogen and oxygen atoms in total. The van der Waals surface area contributed by atoms with Gasteiger partial charge in [-0.3, -0.25) is 19.4 Å². The molecule has 2 aliphatic heterocycles. The highest BCUT2D eigenvalue weighted by Gasteiger charge is 2.54. The van der Waals surface area contributed by atoms with Crippen LogP contribution in [0.1, 0.15) is 37.2 Å². The van der Waals surface area contributed by atoms with E-state index in [9.17, 15) is 28.0 Å². The van der Waals surface area contributed by atoms with E-state index in [4.69, 9.17) is 0 Å². The number of carbonyl (C=O) groups excluding carboxylic acids is 3. The summed E-state index contributed by atoms with van der Waals surface area (Å²) in [5.74, 6) is -1.40. The van der Waals surface area contributed by atoms with Crippen molar-refractivity contribution in [3.63, 3.8) is 0 Å². The smallest absolute Gasteiger partial charge is 0.272 e. The van der Waals surface area contributed by atoms with E-state index >= 15 is 0 Å². The number of fused-ring (bicyclic) bond motifs is 2. The molecule has 0 saturated carbocycles. The summed E-state index contributed by atoms with van der Waals surface area (Å²) in [5, 5.41) is 14.4. The van der Waals surface area contributed by atoms with Crippen LogP contribution in [-0.4, -0.2) is 76.4 Å². The fourth-order valence-corrected chi connectivity index (χ4v) is 6.89. The third-order valence-corrected chi connectivity index (χ3v) is 8.86. The highest BCUT2D eigenvalue weighted by Crippen LogP contribution is 2.34. The van der Waals surface area contributed by atoms with Crippen LogP contribution in [0.5, 0.6) is 0 Å². The highest BCUT2D eigenvalue weighted by molar-refractivity contribution is 7.89. The molecule has 4 heterocycles. The number of nitrogens with zero attached hydrogens (tertiary/aromatic N) is 5. The lowest BCUT2D eigenvalue weighted by atomic mass is 10.0. The fraction of sp³-hybridized carbons (Fsp3) is 0.385. The van der Waals surface area contributed by atoms with Gasteiger partial charge in [-0.25, -0.2) is 13.4 Å². The first-order valence-electron chi connectivity index (χ1n) is 12.6. The Kier molecular flexibility index (Phi) is 7.03. The van der Waals surface area contributed by atoms with E-state index in [0.717, 1.165) is 10.5 Å². The number of carbonyl (C=O) groups is 3. The number of rotatable bonds is 7. The van der Waals surface area contributed by atoms with Gasteiger partial charge in [0.25, 0.3) is 5.91 Å². The van der Waals surface area contributed by atoms with Gasteiger partial charge >= 0.3 is 0 Å². The van der Waals surface area contributed by atoms with E-state index in [0.29, 0.717) is 22.2 Å². The minimum atomic E-state index is -4.14. The number of ketones is 1. The number of sulfonamides is 1. The van der Waals surface area contributed by atoms with Crippen LogP contribution in [-0.2, 0) is 19.6 Å². The van der Waals surface area contributed by atoms with Crippen LogP contribution < -0.4 is 10.0 Å². The monoisotopic (exact) mass is 552 g/mol. The minimum Gasteiger partial charge on any atom is -0.619 e. The average molecular weight is 553 g/mol. The summed E-state index contributed by atoms with van der Waals surface area (Å²) >= 11 is 0. The molecule has 39 heavy (non-hydrogen) atoms. The number of nitrogens with one attached hydrogen (secondary N) is 1. The van der Waals surface area contributed by atoms with Crippen LogP contribution in [0.2, 0.25) is 0 Å². The summed E-state index contributed by atoms with van der Waals surface area (Å²) in [5.41, 5.74) is 1.23. The Morgan fingerprint density at radius 3 is 2.64 bits per heavy atom. The van der Waals surface area contributed by atoms with Crippen molar-refractivity contribution in [2.24, 2.45) is 5.92 Å². The standard InChI is InChI=1S/C26H28N6O6S/c1-16(2)12-20(29-25(34)21-13-27-18-7-3-4-8-19(18)28-21)26(35)31-11-9-22-24(31)23(33)15-32(22)39(37,38)17-6-5-10-30(36)14-17/h3-8,10,13-14,16,20,22,24H,9,11-12,15H2,1-2H3,(H,29,34). The second kappa shape index (κ2) is 10.3. The quantitative estimate of drug-likeness (QED) is 0.331. The third kappa shape index (κ3) is 5.06. The van der Waals surface area contributed by atoms with Crippen molar-refractivity contribution in [3.8, 4) is 0 Å². The van der Waals surface area contributed by atoms with Gasteiger partial charge in [0, 0.05) is 12.6 Å². The van der Waals surface area contributed by atoms with Gasteiger partial charge in [-0.2, -0.15) is 9.04 Å². The first-order valence-corrected chi connectivity index (χ1v) is 14.1. The van der Waals surface area contributed by atoms with Gasteiger partial charge in [0.1, 0.15) is 22.7 Å². The molecule has 2 fully saturated rings. The summed E-state index contributed by atoms with van der Waals surface area (Å²) in [7, 11) is -4.14. The molecule has 3 unspecified atom stereocenters. The normalized spacial score (nSPS) is 20.4. The Hall–Kier alpha value is -3.97. The number of hydrogen-bond donors (Lipinski definition) is 1. The number of para-hydroxylation sites is 2. The molecular formula is C26H28N6O6S. The molecule has 2 aliphatic rings. The zero-order valence-electron chi connectivity index (χ0n) is 21.4. The number of pyridine rings is 1. The van der Waals surface area contributed by atoms with Crippen LogP contribution in [0.3, 0.4) is 0 Å². The third-order valence-electron chi connectivity index (χ3n) is 7.01. The van der Waals surface area contributed by atoms with Gasteiger partial charge in [-0.15, -0.1) is 0 Å². The number of benzene rings is 1. The van der Waals surface area contributed by atoms with Gasteiger partial charge in [0.15, 0.2) is 18.2 Å². The fourth-order valence-electron chi connectivity index (χ4n) is 5.25. The lowest BCUT2D eigenvalue weighted by Crippen LogP contribution is -2.53. The summed E-state index contributed by atoms with van der Waals surface area (Å²) in [6.45, 7) is 3.57. The summed E-state index contributed by atoms with van der Waals surface area (Å²) < 4.78 is 28.0. The SMILES string of the molecule is CC(C)CC(NC(=O)c1cnc2ccccc2n1)C(=O)N1CCC2C1C(=O)CN2S(=O)(=O)c1ccc[n+]([O-])c1. The van der Waals surface area contributed by atoms with Crippen molar-refractivity contribution >= 4 is 38.7 Å². The number of hydrogen-bond acceptors (Lipinski definition) is 8. The van der Waals surface area contributed by atoms with Crippen molar-refractivity contribution in [2.75, 3.05) is 13.1 Å². The van der Waals surface area contributed by atoms with Crippen molar-refractivity contribution in [2.45, 2.75) is 49.7 Å². The Bertz CT molecular complexity index is 1560. The Morgan fingerprint density at radius 1 is 1.18 bits per heavy atom. The van der Waals surface area contributed by atoms with Gasteiger partial charge in [-0.05, 0) is 37.0 Å². The van der Waals surface area contributed by atoms with Gasteiger partial charge in [-0.1, -0.05) is 26.0 Å². The van der Waals surface area contributed by atoms with Crippen molar-refractivity contribution in [1.29, 1.82) is 0 Å².